The number of carbonyl (C=O) groups excluding carboxylic acids is 1. The first-order valence-corrected chi connectivity index (χ1v) is 7.93. The Bertz CT molecular complexity index is 674. The van der Waals surface area contributed by atoms with Crippen LogP contribution in [0, 0.1) is 0 Å². The van der Waals surface area contributed by atoms with Crippen LogP contribution >= 0.6 is 0 Å². The van der Waals surface area contributed by atoms with Crippen molar-refractivity contribution in [2.24, 2.45) is 7.05 Å². The molecule has 0 bridgehead atoms. The lowest BCUT2D eigenvalue weighted by atomic mass is 10.1. The molecule has 118 valence electrons. The first-order valence-electron chi connectivity index (χ1n) is 7.93. The Labute approximate surface area is 129 Å². The lowest BCUT2D eigenvalue weighted by molar-refractivity contribution is 0.0943. The molecule has 0 saturated carbocycles. The molecule has 1 fully saturated rings. The Morgan fingerprint density at radius 2 is 2.05 bits per heavy atom. The summed E-state index contributed by atoms with van der Waals surface area (Å²) in [6.07, 6.45) is 6.24. The average molecular weight is 302 g/mol. The van der Waals surface area contributed by atoms with Crippen LogP contribution < -0.4 is 10.2 Å². The maximum absolute atomic E-state index is 12.2. The van der Waals surface area contributed by atoms with E-state index in [1.165, 1.54) is 6.42 Å². The summed E-state index contributed by atoms with van der Waals surface area (Å²) in [7, 11) is 1.84. The molecule has 7 heteroatoms. The zero-order chi connectivity index (χ0) is 15.5. The lowest BCUT2D eigenvalue weighted by Gasteiger charge is -2.28. The fourth-order valence-corrected chi connectivity index (χ4v) is 2.77. The van der Waals surface area contributed by atoms with Gasteiger partial charge in [0.25, 0.3) is 5.91 Å². The fraction of sp³-hybridized carbons (Fsp3) is 0.600. The van der Waals surface area contributed by atoms with Crippen LogP contribution in [0.4, 0.5) is 5.82 Å². The summed E-state index contributed by atoms with van der Waals surface area (Å²) in [5.74, 6) is 0.841. The van der Waals surface area contributed by atoms with E-state index in [9.17, 15) is 4.79 Å². The highest BCUT2D eigenvalue weighted by Crippen LogP contribution is 2.26. The maximum atomic E-state index is 12.2. The van der Waals surface area contributed by atoms with Gasteiger partial charge >= 0.3 is 0 Å². The van der Waals surface area contributed by atoms with Crippen LogP contribution in [0.25, 0.3) is 11.0 Å². The Balaban J connectivity index is 2.02. The molecule has 22 heavy (non-hydrogen) atoms. The van der Waals surface area contributed by atoms with Crippen molar-refractivity contribution in [2.75, 3.05) is 24.5 Å². The number of hydrogen-bond donors (Lipinski definition) is 1. The largest absolute Gasteiger partial charge is 0.356 e. The summed E-state index contributed by atoms with van der Waals surface area (Å²) in [5.41, 5.74) is 0.706. The van der Waals surface area contributed by atoms with Crippen molar-refractivity contribution in [2.45, 2.75) is 32.6 Å². The van der Waals surface area contributed by atoms with E-state index in [4.69, 9.17) is 0 Å². The molecule has 0 radical (unpaired) electrons. The molecule has 3 rings (SSSR count). The smallest absolute Gasteiger partial charge is 0.289 e. The van der Waals surface area contributed by atoms with E-state index in [0.717, 1.165) is 43.6 Å². The molecule has 1 amide bonds. The molecule has 1 aliphatic rings. The standard InChI is InChI=1S/C15H22N6O/c1-3-7-16-15(22)12-18-13-11(10-17-20(13)2)14(19-12)21-8-5-4-6-9-21/h10H,3-9H2,1-2H3,(H,16,22). The van der Waals surface area contributed by atoms with Gasteiger partial charge in [-0.2, -0.15) is 5.10 Å². The van der Waals surface area contributed by atoms with Crippen molar-refractivity contribution in [3.05, 3.63) is 12.0 Å². The number of amides is 1. The van der Waals surface area contributed by atoms with E-state index in [1.807, 2.05) is 14.0 Å². The van der Waals surface area contributed by atoms with E-state index in [1.54, 1.807) is 10.9 Å². The molecule has 1 aliphatic heterocycles. The zero-order valence-corrected chi connectivity index (χ0v) is 13.2. The maximum Gasteiger partial charge on any atom is 0.289 e. The number of aryl methyl sites for hydroxylation is 1. The molecule has 1 saturated heterocycles. The van der Waals surface area contributed by atoms with Crippen LogP contribution in [0.15, 0.2) is 6.20 Å². The molecule has 0 unspecified atom stereocenters. The predicted octanol–water partition coefficient (Wildman–Crippen LogP) is 1.49. The predicted molar refractivity (Wildman–Crippen MR) is 85.0 cm³/mol. The highest BCUT2D eigenvalue weighted by Gasteiger charge is 2.21. The lowest BCUT2D eigenvalue weighted by Crippen LogP contribution is -2.32. The quantitative estimate of drug-likeness (QED) is 0.926. The Morgan fingerprint density at radius 3 is 2.77 bits per heavy atom. The summed E-state index contributed by atoms with van der Waals surface area (Å²) in [5, 5.41) is 8.03. The molecular weight excluding hydrogens is 280 g/mol. The second-order valence-corrected chi connectivity index (χ2v) is 5.68. The van der Waals surface area contributed by atoms with Gasteiger partial charge in [-0.3, -0.25) is 9.48 Å². The summed E-state index contributed by atoms with van der Waals surface area (Å²) < 4.78 is 1.70. The normalized spacial score (nSPS) is 15.3. The zero-order valence-electron chi connectivity index (χ0n) is 13.2. The van der Waals surface area contributed by atoms with Gasteiger partial charge in [-0.1, -0.05) is 6.92 Å². The van der Waals surface area contributed by atoms with Crippen molar-refractivity contribution in [1.29, 1.82) is 0 Å². The molecule has 2 aromatic rings. The van der Waals surface area contributed by atoms with Gasteiger partial charge in [0.1, 0.15) is 5.82 Å². The Kier molecular flexibility index (Phi) is 4.22. The number of carbonyl (C=O) groups is 1. The van der Waals surface area contributed by atoms with Crippen molar-refractivity contribution in [3.63, 3.8) is 0 Å². The molecule has 0 atom stereocenters. The van der Waals surface area contributed by atoms with Crippen molar-refractivity contribution < 1.29 is 4.79 Å². The van der Waals surface area contributed by atoms with Crippen molar-refractivity contribution in [3.8, 4) is 0 Å². The number of nitrogens with one attached hydrogen (secondary N) is 1. The molecule has 7 nitrogen and oxygen atoms in total. The number of piperidine rings is 1. The number of anilines is 1. The highest BCUT2D eigenvalue weighted by molar-refractivity contribution is 5.95. The van der Waals surface area contributed by atoms with Gasteiger partial charge < -0.3 is 10.2 Å². The van der Waals surface area contributed by atoms with Crippen molar-refractivity contribution in [1.82, 2.24) is 25.1 Å². The van der Waals surface area contributed by atoms with Gasteiger partial charge in [-0.25, -0.2) is 9.97 Å². The second-order valence-electron chi connectivity index (χ2n) is 5.68. The third-order valence-corrected chi connectivity index (χ3v) is 3.97. The van der Waals surface area contributed by atoms with Crippen LogP contribution in [0.1, 0.15) is 43.2 Å². The van der Waals surface area contributed by atoms with Gasteiger partial charge in [0.15, 0.2) is 5.65 Å². The first-order chi connectivity index (χ1) is 10.7. The van der Waals surface area contributed by atoms with Crippen LogP contribution in [-0.2, 0) is 7.05 Å². The van der Waals surface area contributed by atoms with E-state index >= 15 is 0 Å². The second kappa shape index (κ2) is 6.29. The molecule has 0 aliphatic carbocycles. The van der Waals surface area contributed by atoms with Crippen LogP contribution in [0.5, 0.6) is 0 Å². The summed E-state index contributed by atoms with van der Waals surface area (Å²) in [6, 6.07) is 0. The number of hydrogen-bond acceptors (Lipinski definition) is 5. The van der Waals surface area contributed by atoms with E-state index in [-0.39, 0.29) is 11.7 Å². The SMILES string of the molecule is CCCNC(=O)c1nc(N2CCCCC2)c2cnn(C)c2n1. The molecule has 1 N–H and O–H groups in total. The number of aromatic nitrogens is 4. The van der Waals surface area contributed by atoms with Gasteiger partial charge in [0.2, 0.25) is 5.82 Å². The van der Waals surface area contributed by atoms with Gasteiger partial charge in [-0.15, -0.1) is 0 Å². The van der Waals surface area contributed by atoms with E-state index < -0.39 is 0 Å². The van der Waals surface area contributed by atoms with Crippen LogP contribution in [0.2, 0.25) is 0 Å². The van der Waals surface area contributed by atoms with Crippen molar-refractivity contribution >= 4 is 22.8 Å². The molecule has 0 spiro atoms. The minimum Gasteiger partial charge on any atom is -0.356 e. The van der Waals surface area contributed by atoms with Crippen LogP contribution in [0.3, 0.4) is 0 Å². The van der Waals surface area contributed by atoms with E-state index in [0.29, 0.717) is 12.2 Å². The Morgan fingerprint density at radius 1 is 1.27 bits per heavy atom. The van der Waals surface area contributed by atoms with Gasteiger partial charge in [0.05, 0.1) is 11.6 Å². The molecule has 2 aromatic heterocycles. The van der Waals surface area contributed by atoms with Gasteiger partial charge in [0, 0.05) is 26.7 Å². The van der Waals surface area contributed by atoms with Gasteiger partial charge in [-0.05, 0) is 25.7 Å². The van der Waals surface area contributed by atoms with E-state index in [2.05, 4.69) is 25.3 Å². The molecule has 3 heterocycles. The summed E-state index contributed by atoms with van der Waals surface area (Å²) in [4.78, 5) is 23.4. The molecular formula is C15H22N6O. The third-order valence-electron chi connectivity index (χ3n) is 3.97. The minimum atomic E-state index is -0.219. The topological polar surface area (TPSA) is 75.9 Å². The third kappa shape index (κ3) is 2.75. The molecule has 0 aromatic carbocycles. The van der Waals surface area contributed by atoms with Crippen LogP contribution in [-0.4, -0.2) is 45.3 Å². The minimum absolute atomic E-state index is 0.219. The number of nitrogens with zero attached hydrogens (tertiary/aromatic N) is 5. The number of fused-ring (bicyclic) bond motifs is 1. The Hall–Kier alpha value is -2.18. The number of rotatable bonds is 4. The monoisotopic (exact) mass is 302 g/mol. The first kappa shape index (κ1) is 14.7. The fourth-order valence-electron chi connectivity index (χ4n) is 2.77. The average Bonchev–Trinajstić information content (AvgIpc) is 2.94. The summed E-state index contributed by atoms with van der Waals surface area (Å²) in [6.45, 7) is 4.59. The summed E-state index contributed by atoms with van der Waals surface area (Å²) >= 11 is 0. The highest BCUT2D eigenvalue weighted by atomic mass is 16.2.